The Balaban J connectivity index is 4.53. The molecule has 0 aromatic heterocycles. The molecule has 0 rings (SSSR count). The molecule has 2 heteroatoms. The van der Waals surface area contributed by atoms with Crippen LogP contribution in [-0.2, 0) is 4.79 Å². The molecule has 0 N–H and O–H groups in total. The van der Waals surface area contributed by atoms with Gasteiger partial charge in [-0.25, -0.2) is 0 Å². The van der Waals surface area contributed by atoms with Crippen molar-refractivity contribution >= 4 is 5.91 Å². The van der Waals surface area contributed by atoms with E-state index in [0.717, 1.165) is 25.9 Å². The van der Waals surface area contributed by atoms with E-state index in [2.05, 4.69) is 46.4 Å². The summed E-state index contributed by atoms with van der Waals surface area (Å²) in [4.78, 5) is 14.4. The fourth-order valence-corrected chi connectivity index (χ4v) is 2.03. The summed E-state index contributed by atoms with van der Waals surface area (Å²) in [6.45, 7) is 14.7. The van der Waals surface area contributed by atoms with Gasteiger partial charge in [-0.1, -0.05) is 41.5 Å². The van der Waals surface area contributed by atoms with Crippen molar-refractivity contribution in [2.24, 2.45) is 17.8 Å². The van der Waals surface area contributed by atoms with Gasteiger partial charge in [-0.2, -0.15) is 0 Å². The number of hydrogen-bond acceptors (Lipinski definition) is 1. The van der Waals surface area contributed by atoms with Gasteiger partial charge < -0.3 is 4.90 Å². The molecule has 2 nitrogen and oxygen atoms in total. The predicted molar refractivity (Wildman–Crippen MR) is 70.3 cm³/mol. The van der Waals surface area contributed by atoms with Crippen LogP contribution >= 0.6 is 0 Å². The SMILES string of the molecule is CCC(CC)C(=O)N(CC(C)C)CC(C)C. The summed E-state index contributed by atoms with van der Waals surface area (Å²) in [5.74, 6) is 1.68. The number of amides is 1. The minimum atomic E-state index is 0.220. The van der Waals surface area contributed by atoms with Crippen molar-refractivity contribution < 1.29 is 4.79 Å². The third-order valence-corrected chi connectivity index (χ3v) is 2.82. The summed E-state index contributed by atoms with van der Waals surface area (Å²) in [6.07, 6.45) is 1.92. The molecule has 0 spiro atoms. The van der Waals surface area contributed by atoms with Gasteiger partial charge in [-0.15, -0.1) is 0 Å². The molecule has 0 unspecified atom stereocenters. The molecule has 0 aliphatic heterocycles. The number of rotatable bonds is 7. The maximum absolute atomic E-state index is 12.3. The highest BCUT2D eigenvalue weighted by molar-refractivity contribution is 5.78. The minimum absolute atomic E-state index is 0.220. The van der Waals surface area contributed by atoms with Gasteiger partial charge in [-0.3, -0.25) is 4.79 Å². The van der Waals surface area contributed by atoms with E-state index < -0.39 is 0 Å². The highest BCUT2D eigenvalue weighted by Gasteiger charge is 2.22. The maximum atomic E-state index is 12.3. The molecule has 0 atom stereocenters. The molecule has 0 aliphatic rings. The highest BCUT2D eigenvalue weighted by atomic mass is 16.2. The molecule has 0 heterocycles. The standard InChI is InChI=1S/C14H29NO/c1-7-13(8-2)14(16)15(9-11(3)4)10-12(5)6/h11-13H,7-10H2,1-6H3. The van der Waals surface area contributed by atoms with E-state index in [1.807, 2.05) is 0 Å². The average molecular weight is 227 g/mol. The fourth-order valence-electron chi connectivity index (χ4n) is 2.03. The molecule has 1 amide bonds. The lowest BCUT2D eigenvalue weighted by Gasteiger charge is -2.29. The van der Waals surface area contributed by atoms with Crippen LogP contribution in [0.5, 0.6) is 0 Å². The van der Waals surface area contributed by atoms with Gasteiger partial charge in [0.25, 0.3) is 0 Å². The van der Waals surface area contributed by atoms with Crippen molar-refractivity contribution in [1.82, 2.24) is 4.90 Å². The van der Waals surface area contributed by atoms with E-state index >= 15 is 0 Å². The molecule has 0 fully saturated rings. The Labute approximate surface area is 101 Å². The summed E-state index contributed by atoms with van der Waals surface area (Å²) < 4.78 is 0. The lowest BCUT2D eigenvalue weighted by Crippen LogP contribution is -2.40. The van der Waals surface area contributed by atoms with Crippen LogP contribution in [0.1, 0.15) is 54.4 Å². The summed E-state index contributed by atoms with van der Waals surface area (Å²) in [7, 11) is 0. The van der Waals surface area contributed by atoms with Crippen LogP contribution in [0.4, 0.5) is 0 Å². The molecule has 96 valence electrons. The zero-order valence-electron chi connectivity index (χ0n) is 11.9. The second-order valence-electron chi connectivity index (χ2n) is 5.54. The molecule has 0 aromatic rings. The van der Waals surface area contributed by atoms with Gasteiger partial charge in [0, 0.05) is 19.0 Å². The van der Waals surface area contributed by atoms with Crippen LogP contribution in [0.15, 0.2) is 0 Å². The highest BCUT2D eigenvalue weighted by Crippen LogP contribution is 2.14. The lowest BCUT2D eigenvalue weighted by molar-refractivity contribution is -0.136. The predicted octanol–water partition coefficient (Wildman–Crippen LogP) is 3.56. The van der Waals surface area contributed by atoms with Gasteiger partial charge in [-0.05, 0) is 24.7 Å². The second-order valence-corrected chi connectivity index (χ2v) is 5.54. The Kier molecular flexibility index (Phi) is 7.44. The molecule has 0 aliphatic carbocycles. The van der Waals surface area contributed by atoms with Crippen LogP contribution in [0.25, 0.3) is 0 Å². The van der Waals surface area contributed by atoms with Gasteiger partial charge in [0.1, 0.15) is 0 Å². The van der Waals surface area contributed by atoms with Crippen LogP contribution < -0.4 is 0 Å². The summed E-state index contributed by atoms with van der Waals surface area (Å²) in [6, 6.07) is 0. The largest absolute Gasteiger partial charge is 0.342 e. The molecule has 0 saturated carbocycles. The topological polar surface area (TPSA) is 20.3 Å². The number of hydrogen-bond donors (Lipinski definition) is 0. The third-order valence-electron chi connectivity index (χ3n) is 2.82. The first-order valence-corrected chi connectivity index (χ1v) is 6.71. The van der Waals surface area contributed by atoms with E-state index in [9.17, 15) is 4.79 Å². The Hall–Kier alpha value is -0.530. The zero-order chi connectivity index (χ0) is 12.7. The molecule has 16 heavy (non-hydrogen) atoms. The first-order chi connectivity index (χ1) is 7.42. The normalized spacial score (nSPS) is 11.6. The molecular formula is C14H29NO. The van der Waals surface area contributed by atoms with Crippen molar-refractivity contribution in [1.29, 1.82) is 0 Å². The maximum Gasteiger partial charge on any atom is 0.225 e. The fraction of sp³-hybridized carbons (Fsp3) is 0.929. The number of carbonyl (C=O) groups is 1. The summed E-state index contributed by atoms with van der Waals surface area (Å²) in [5, 5.41) is 0. The first kappa shape index (κ1) is 15.5. The lowest BCUT2D eigenvalue weighted by atomic mass is 10.0. The quantitative estimate of drug-likeness (QED) is 0.651. The average Bonchev–Trinajstić information content (AvgIpc) is 2.17. The molecule has 0 bridgehead atoms. The van der Waals surface area contributed by atoms with Crippen molar-refractivity contribution in [3.8, 4) is 0 Å². The van der Waals surface area contributed by atoms with E-state index in [1.165, 1.54) is 0 Å². The molecule has 0 aromatic carbocycles. The van der Waals surface area contributed by atoms with Crippen LogP contribution in [-0.4, -0.2) is 23.9 Å². The van der Waals surface area contributed by atoms with Crippen LogP contribution in [0, 0.1) is 17.8 Å². The van der Waals surface area contributed by atoms with Gasteiger partial charge in [0.05, 0.1) is 0 Å². The molecular weight excluding hydrogens is 198 g/mol. The number of nitrogens with zero attached hydrogens (tertiary/aromatic N) is 1. The monoisotopic (exact) mass is 227 g/mol. The van der Waals surface area contributed by atoms with Crippen molar-refractivity contribution in [2.75, 3.05) is 13.1 Å². The molecule has 0 radical (unpaired) electrons. The van der Waals surface area contributed by atoms with Crippen molar-refractivity contribution in [3.63, 3.8) is 0 Å². The second kappa shape index (κ2) is 7.70. The Morgan fingerprint density at radius 1 is 0.938 bits per heavy atom. The zero-order valence-corrected chi connectivity index (χ0v) is 11.9. The van der Waals surface area contributed by atoms with Crippen LogP contribution in [0.3, 0.4) is 0 Å². The van der Waals surface area contributed by atoms with E-state index in [0.29, 0.717) is 17.7 Å². The summed E-state index contributed by atoms with van der Waals surface area (Å²) in [5.41, 5.74) is 0. The number of carbonyl (C=O) groups excluding carboxylic acids is 1. The Morgan fingerprint density at radius 2 is 1.31 bits per heavy atom. The van der Waals surface area contributed by atoms with Gasteiger partial charge >= 0.3 is 0 Å². The minimum Gasteiger partial charge on any atom is -0.342 e. The smallest absolute Gasteiger partial charge is 0.225 e. The molecule has 0 saturated heterocycles. The van der Waals surface area contributed by atoms with E-state index in [-0.39, 0.29) is 5.92 Å². The van der Waals surface area contributed by atoms with Crippen molar-refractivity contribution in [3.05, 3.63) is 0 Å². The first-order valence-electron chi connectivity index (χ1n) is 6.71. The summed E-state index contributed by atoms with van der Waals surface area (Å²) >= 11 is 0. The van der Waals surface area contributed by atoms with Crippen molar-refractivity contribution in [2.45, 2.75) is 54.4 Å². The van der Waals surface area contributed by atoms with Crippen LogP contribution in [0.2, 0.25) is 0 Å². The Morgan fingerprint density at radius 3 is 1.56 bits per heavy atom. The van der Waals surface area contributed by atoms with Gasteiger partial charge in [0.15, 0.2) is 0 Å². The third kappa shape index (κ3) is 5.53. The Bertz CT molecular complexity index is 185. The van der Waals surface area contributed by atoms with Gasteiger partial charge in [0.2, 0.25) is 5.91 Å². The van der Waals surface area contributed by atoms with E-state index in [1.54, 1.807) is 0 Å². The van der Waals surface area contributed by atoms with E-state index in [4.69, 9.17) is 0 Å².